The molecule has 0 aromatic heterocycles. The first-order valence-electron chi connectivity index (χ1n) is 5.51. The minimum atomic E-state index is 0.0382. The van der Waals surface area contributed by atoms with E-state index >= 15 is 0 Å². The number of hydrogen-bond donors (Lipinski definition) is 0. The Labute approximate surface area is 114 Å². The van der Waals surface area contributed by atoms with E-state index < -0.39 is 0 Å². The normalized spacial score (nSPS) is 10.8. The Morgan fingerprint density at radius 2 is 1.78 bits per heavy atom. The first-order chi connectivity index (χ1) is 8.29. The van der Waals surface area contributed by atoms with Crippen molar-refractivity contribution in [1.82, 2.24) is 9.80 Å². The first kappa shape index (κ1) is 16.6. The van der Waals surface area contributed by atoms with Crippen LogP contribution in [0.5, 0.6) is 0 Å². The van der Waals surface area contributed by atoms with Gasteiger partial charge in [-0.25, -0.2) is 0 Å². The maximum atomic E-state index is 11.1. The molecule has 0 aliphatic rings. The van der Waals surface area contributed by atoms with Crippen LogP contribution in [0.15, 0.2) is 35.7 Å². The molecule has 0 saturated carbocycles. The molecule has 4 nitrogen and oxygen atoms in total. The van der Waals surface area contributed by atoms with E-state index in [1.807, 2.05) is 11.9 Å². The van der Waals surface area contributed by atoms with Crippen LogP contribution in [0.4, 0.5) is 0 Å². The van der Waals surface area contributed by atoms with Crippen LogP contribution < -0.4 is 0 Å². The molecule has 0 heterocycles. The molecule has 0 aliphatic carbocycles. The highest BCUT2D eigenvalue weighted by Crippen LogP contribution is 2.15. The fourth-order valence-corrected chi connectivity index (χ4v) is 1.24. The summed E-state index contributed by atoms with van der Waals surface area (Å²) >= 11 is 5.76. The van der Waals surface area contributed by atoms with Crippen molar-refractivity contribution in [1.29, 1.82) is 0 Å². The number of likely N-dealkylation sites (N-methyl/N-ethyl adjacent to an activating group) is 2. The van der Waals surface area contributed by atoms with Gasteiger partial charge in [0.15, 0.2) is 0 Å². The van der Waals surface area contributed by atoms with Crippen LogP contribution in [0.1, 0.15) is 6.92 Å². The van der Waals surface area contributed by atoms with Crippen molar-refractivity contribution in [2.45, 2.75) is 6.92 Å². The minimum Gasteiger partial charge on any atom is -0.495 e. The van der Waals surface area contributed by atoms with Crippen molar-refractivity contribution in [2.24, 2.45) is 0 Å². The predicted octanol–water partition coefficient (Wildman–Crippen LogP) is 2.19. The van der Waals surface area contributed by atoms with Gasteiger partial charge in [0.1, 0.15) is 5.76 Å². The fourth-order valence-electron chi connectivity index (χ4n) is 1.11. The number of nitrogens with zero attached hydrogens (tertiary/aromatic N) is 2. The Morgan fingerprint density at radius 3 is 2.17 bits per heavy atom. The second-order valence-electron chi connectivity index (χ2n) is 3.97. The number of carbonyl (C=O) groups excluding carboxylic acids is 1. The molecule has 1 amide bonds. The fraction of sp³-hybridized carbons (Fsp3) is 0.462. The molecule has 0 aromatic carbocycles. The van der Waals surface area contributed by atoms with Crippen molar-refractivity contribution in [3.8, 4) is 0 Å². The van der Waals surface area contributed by atoms with E-state index in [0.717, 1.165) is 5.70 Å². The molecule has 0 atom stereocenters. The van der Waals surface area contributed by atoms with Gasteiger partial charge in [0.25, 0.3) is 0 Å². The molecular weight excluding hydrogens is 252 g/mol. The molecule has 102 valence electrons. The maximum Gasteiger partial charge on any atom is 0.219 e. The Balaban J connectivity index is 4.43. The summed E-state index contributed by atoms with van der Waals surface area (Å²) < 4.78 is 5.07. The van der Waals surface area contributed by atoms with Crippen LogP contribution in [0, 0.1) is 0 Å². The van der Waals surface area contributed by atoms with Gasteiger partial charge >= 0.3 is 0 Å². The molecule has 0 aromatic rings. The lowest BCUT2D eigenvalue weighted by Gasteiger charge is -2.23. The summed E-state index contributed by atoms with van der Waals surface area (Å²) in [6.07, 6.45) is 1.71. The number of carbonyl (C=O) groups is 1. The zero-order valence-corrected chi connectivity index (χ0v) is 12.3. The second-order valence-corrected chi connectivity index (χ2v) is 4.43. The molecule has 0 fully saturated rings. The Bertz CT molecular complexity index is 364. The van der Waals surface area contributed by atoms with Crippen LogP contribution in [-0.4, -0.2) is 50.0 Å². The Morgan fingerprint density at radius 1 is 1.28 bits per heavy atom. The maximum absolute atomic E-state index is 11.1. The van der Waals surface area contributed by atoms with Crippen molar-refractivity contribution < 1.29 is 9.53 Å². The Kier molecular flexibility index (Phi) is 7.20. The van der Waals surface area contributed by atoms with Gasteiger partial charge in [-0.2, -0.15) is 0 Å². The quantitative estimate of drug-likeness (QED) is 0.526. The summed E-state index contributed by atoms with van der Waals surface area (Å²) in [4.78, 5) is 14.6. The summed E-state index contributed by atoms with van der Waals surface area (Å²) in [7, 11) is 5.17. The van der Waals surface area contributed by atoms with E-state index in [1.54, 1.807) is 18.0 Å². The lowest BCUT2D eigenvalue weighted by Crippen LogP contribution is -2.32. The topological polar surface area (TPSA) is 32.8 Å². The third kappa shape index (κ3) is 5.77. The molecule has 0 rings (SSSR count). The standard InChI is InChI=1S/C13H21ClN2O2/c1-10(9-13(18-6)11(2)14)15(4)7-8-16(5)12(3)17/h9H,1-2,7-8H2,3-6H3/b13-9+. The summed E-state index contributed by atoms with van der Waals surface area (Å²) in [5, 5.41) is 0.327. The zero-order valence-electron chi connectivity index (χ0n) is 11.5. The third-order valence-electron chi connectivity index (χ3n) is 2.58. The molecule has 18 heavy (non-hydrogen) atoms. The number of hydrogen-bond acceptors (Lipinski definition) is 3. The molecule has 0 spiro atoms. The number of ether oxygens (including phenoxy) is 1. The van der Waals surface area contributed by atoms with Crippen molar-refractivity contribution in [3.05, 3.63) is 35.7 Å². The molecule has 5 heteroatoms. The van der Waals surface area contributed by atoms with Crippen molar-refractivity contribution in [3.63, 3.8) is 0 Å². The second kappa shape index (κ2) is 7.82. The smallest absolute Gasteiger partial charge is 0.219 e. The van der Waals surface area contributed by atoms with Crippen LogP contribution >= 0.6 is 11.6 Å². The summed E-state index contributed by atoms with van der Waals surface area (Å²) in [6.45, 7) is 10.4. The van der Waals surface area contributed by atoms with E-state index in [9.17, 15) is 4.79 Å². The zero-order chi connectivity index (χ0) is 14.3. The average molecular weight is 273 g/mol. The van der Waals surface area contributed by atoms with E-state index in [-0.39, 0.29) is 5.91 Å². The van der Waals surface area contributed by atoms with Gasteiger partial charge < -0.3 is 14.5 Å². The lowest BCUT2D eigenvalue weighted by atomic mass is 10.3. The lowest BCUT2D eigenvalue weighted by molar-refractivity contribution is -0.127. The van der Waals surface area contributed by atoms with Crippen LogP contribution in [0.25, 0.3) is 0 Å². The highest BCUT2D eigenvalue weighted by atomic mass is 35.5. The molecule has 0 radical (unpaired) electrons. The van der Waals surface area contributed by atoms with Gasteiger partial charge in [-0.3, -0.25) is 4.79 Å². The number of amides is 1. The van der Waals surface area contributed by atoms with Crippen LogP contribution in [0.2, 0.25) is 0 Å². The van der Waals surface area contributed by atoms with Crippen molar-refractivity contribution in [2.75, 3.05) is 34.3 Å². The average Bonchev–Trinajstić information content (AvgIpc) is 2.31. The largest absolute Gasteiger partial charge is 0.495 e. The van der Waals surface area contributed by atoms with E-state index in [2.05, 4.69) is 13.2 Å². The van der Waals surface area contributed by atoms with Gasteiger partial charge in [0, 0.05) is 45.9 Å². The van der Waals surface area contributed by atoms with Gasteiger partial charge in [0.05, 0.1) is 12.1 Å². The Hall–Kier alpha value is -1.42. The molecule has 0 aliphatic heterocycles. The first-order valence-corrected chi connectivity index (χ1v) is 5.89. The predicted molar refractivity (Wildman–Crippen MR) is 75.2 cm³/mol. The number of allylic oxidation sites excluding steroid dienone is 2. The van der Waals surface area contributed by atoms with Gasteiger partial charge in [-0.1, -0.05) is 24.8 Å². The van der Waals surface area contributed by atoms with Crippen LogP contribution in [-0.2, 0) is 9.53 Å². The third-order valence-corrected chi connectivity index (χ3v) is 2.77. The van der Waals surface area contributed by atoms with Gasteiger partial charge in [-0.05, 0) is 0 Å². The van der Waals surface area contributed by atoms with Crippen molar-refractivity contribution >= 4 is 17.5 Å². The van der Waals surface area contributed by atoms with Gasteiger partial charge in [-0.15, -0.1) is 0 Å². The summed E-state index contributed by atoms with van der Waals surface area (Å²) in [5.41, 5.74) is 0.741. The molecule has 0 bridgehead atoms. The minimum absolute atomic E-state index is 0.0382. The van der Waals surface area contributed by atoms with E-state index in [0.29, 0.717) is 23.9 Å². The molecule has 0 saturated heterocycles. The molecular formula is C13H21ClN2O2. The highest BCUT2D eigenvalue weighted by molar-refractivity contribution is 6.31. The van der Waals surface area contributed by atoms with Gasteiger partial charge in [0.2, 0.25) is 5.91 Å². The van der Waals surface area contributed by atoms with E-state index in [1.165, 1.54) is 14.0 Å². The van der Waals surface area contributed by atoms with Crippen LogP contribution in [0.3, 0.4) is 0 Å². The number of methoxy groups -OCH3 is 1. The molecule has 0 N–H and O–H groups in total. The molecule has 0 unspecified atom stereocenters. The monoisotopic (exact) mass is 272 g/mol. The summed E-state index contributed by atoms with van der Waals surface area (Å²) in [6, 6.07) is 0. The SMILES string of the molecule is C=C(Cl)/C(=C\C(=C)N(C)CCN(C)C(C)=O)OC. The number of rotatable bonds is 7. The van der Waals surface area contributed by atoms with E-state index in [4.69, 9.17) is 16.3 Å². The highest BCUT2D eigenvalue weighted by Gasteiger charge is 2.07. The summed E-state index contributed by atoms with van der Waals surface area (Å²) in [5.74, 6) is 0.518. The number of halogens is 1.